The molecule has 0 aliphatic rings. The highest BCUT2D eigenvalue weighted by Gasteiger charge is 2.20. The number of imidazole rings is 1. The van der Waals surface area contributed by atoms with Crippen LogP contribution in [0.5, 0.6) is 5.75 Å². The summed E-state index contributed by atoms with van der Waals surface area (Å²) in [7, 11) is 2.86. The second-order valence-electron chi connectivity index (χ2n) is 5.73. The average molecular weight is 377 g/mol. The van der Waals surface area contributed by atoms with Crippen molar-refractivity contribution in [3.63, 3.8) is 0 Å². The second-order valence-corrected chi connectivity index (χ2v) is 6.06. The molecule has 9 heteroatoms. The molecule has 0 spiro atoms. The van der Waals surface area contributed by atoms with Crippen molar-refractivity contribution in [3.05, 3.63) is 56.0 Å². The largest absolute Gasteiger partial charge is 0.494 e. The third-order valence-electron chi connectivity index (χ3n) is 4.09. The SMILES string of the molecule is CCOc1ccc(C(=O)Cn2c(Cl)nc3c2c(=O)n(C)c(=O)n3C)cc1. The summed E-state index contributed by atoms with van der Waals surface area (Å²) in [5.41, 5.74) is -0.363. The number of aromatic nitrogens is 4. The lowest BCUT2D eigenvalue weighted by Crippen LogP contribution is -2.37. The topological polar surface area (TPSA) is 88.1 Å². The van der Waals surface area contributed by atoms with Gasteiger partial charge in [0.05, 0.1) is 13.2 Å². The molecule has 8 nitrogen and oxygen atoms in total. The molecule has 0 aliphatic heterocycles. The third kappa shape index (κ3) is 2.92. The Hall–Kier alpha value is -2.87. The Morgan fingerprint density at radius 3 is 2.42 bits per heavy atom. The molecule has 136 valence electrons. The van der Waals surface area contributed by atoms with E-state index >= 15 is 0 Å². The summed E-state index contributed by atoms with van der Waals surface area (Å²) in [6.07, 6.45) is 0. The highest BCUT2D eigenvalue weighted by Crippen LogP contribution is 2.18. The summed E-state index contributed by atoms with van der Waals surface area (Å²) in [5.74, 6) is 0.421. The van der Waals surface area contributed by atoms with Gasteiger partial charge in [0, 0.05) is 19.7 Å². The summed E-state index contributed by atoms with van der Waals surface area (Å²) >= 11 is 6.13. The number of rotatable bonds is 5. The lowest BCUT2D eigenvalue weighted by Gasteiger charge is -2.08. The van der Waals surface area contributed by atoms with Crippen LogP contribution in [0.15, 0.2) is 33.9 Å². The van der Waals surface area contributed by atoms with Crippen molar-refractivity contribution < 1.29 is 9.53 Å². The zero-order valence-electron chi connectivity index (χ0n) is 14.5. The lowest BCUT2D eigenvalue weighted by molar-refractivity contribution is 0.0973. The van der Waals surface area contributed by atoms with Gasteiger partial charge >= 0.3 is 5.69 Å². The monoisotopic (exact) mass is 376 g/mol. The fraction of sp³-hybridized carbons (Fsp3) is 0.294. The quantitative estimate of drug-likeness (QED) is 0.495. The van der Waals surface area contributed by atoms with Crippen LogP contribution in [0.4, 0.5) is 0 Å². The maximum Gasteiger partial charge on any atom is 0.332 e. The molecule has 3 rings (SSSR count). The van der Waals surface area contributed by atoms with Crippen molar-refractivity contribution in [2.24, 2.45) is 14.1 Å². The van der Waals surface area contributed by atoms with Crippen LogP contribution >= 0.6 is 11.6 Å². The average Bonchev–Trinajstić information content (AvgIpc) is 2.95. The number of fused-ring (bicyclic) bond motifs is 1. The minimum Gasteiger partial charge on any atom is -0.494 e. The predicted molar refractivity (Wildman–Crippen MR) is 97.2 cm³/mol. The number of ether oxygens (including phenoxy) is 1. The summed E-state index contributed by atoms with van der Waals surface area (Å²) in [5, 5.41) is -0.0300. The van der Waals surface area contributed by atoms with E-state index in [1.54, 1.807) is 24.3 Å². The molecular formula is C17H17ClN4O4. The number of benzene rings is 1. The number of ketones is 1. The van der Waals surface area contributed by atoms with Crippen molar-refractivity contribution in [2.75, 3.05) is 6.61 Å². The summed E-state index contributed by atoms with van der Waals surface area (Å²) in [6.45, 7) is 2.24. The Balaban J connectivity index is 2.03. The number of halogens is 1. The molecule has 0 fully saturated rings. The zero-order chi connectivity index (χ0) is 19.0. The number of nitrogens with zero attached hydrogens (tertiary/aromatic N) is 4. The molecule has 3 aromatic rings. The first-order valence-electron chi connectivity index (χ1n) is 7.93. The van der Waals surface area contributed by atoms with Gasteiger partial charge < -0.3 is 9.30 Å². The highest BCUT2D eigenvalue weighted by atomic mass is 35.5. The normalized spacial score (nSPS) is 11.1. The summed E-state index contributed by atoms with van der Waals surface area (Å²) in [4.78, 5) is 41.1. The van der Waals surface area contributed by atoms with Crippen molar-refractivity contribution in [2.45, 2.75) is 13.5 Å². The Labute approximate surface area is 153 Å². The standard InChI is InChI=1S/C17H17ClN4O4/c1-4-26-11-7-5-10(6-8-11)12(23)9-22-13-14(19-16(22)18)20(2)17(25)21(3)15(13)24/h5-8H,4,9H2,1-3H3. The zero-order valence-corrected chi connectivity index (χ0v) is 15.3. The van der Waals surface area contributed by atoms with Crippen LogP contribution in [-0.2, 0) is 20.6 Å². The van der Waals surface area contributed by atoms with E-state index in [-0.39, 0.29) is 28.8 Å². The van der Waals surface area contributed by atoms with E-state index in [0.29, 0.717) is 17.9 Å². The number of hydrogen-bond donors (Lipinski definition) is 0. The van der Waals surface area contributed by atoms with Gasteiger partial charge in [0.25, 0.3) is 5.56 Å². The van der Waals surface area contributed by atoms with Crippen LogP contribution in [0.1, 0.15) is 17.3 Å². The van der Waals surface area contributed by atoms with Crippen LogP contribution in [0.25, 0.3) is 11.2 Å². The van der Waals surface area contributed by atoms with Crippen LogP contribution in [0, 0.1) is 0 Å². The molecule has 2 heterocycles. The van der Waals surface area contributed by atoms with Gasteiger partial charge in [-0.3, -0.25) is 18.7 Å². The van der Waals surface area contributed by atoms with E-state index < -0.39 is 11.2 Å². The third-order valence-corrected chi connectivity index (χ3v) is 4.38. The fourth-order valence-electron chi connectivity index (χ4n) is 2.70. The van der Waals surface area contributed by atoms with Gasteiger partial charge in [-0.25, -0.2) is 4.79 Å². The first-order valence-corrected chi connectivity index (χ1v) is 8.30. The summed E-state index contributed by atoms with van der Waals surface area (Å²) < 4.78 is 8.85. The number of carbonyl (C=O) groups is 1. The molecule has 0 saturated carbocycles. The van der Waals surface area contributed by atoms with Crippen LogP contribution in [-0.4, -0.2) is 31.1 Å². The summed E-state index contributed by atoms with van der Waals surface area (Å²) in [6, 6.07) is 6.70. The van der Waals surface area contributed by atoms with Crippen molar-refractivity contribution in [3.8, 4) is 5.75 Å². The molecule has 0 N–H and O–H groups in total. The molecule has 0 aliphatic carbocycles. The molecule has 0 atom stereocenters. The Morgan fingerprint density at radius 2 is 1.81 bits per heavy atom. The maximum absolute atomic E-state index is 12.6. The lowest BCUT2D eigenvalue weighted by atomic mass is 10.1. The fourth-order valence-corrected chi connectivity index (χ4v) is 2.93. The molecule has 0 amide bonds. The highest BCUT2D eigenvalue weighted by molar-refractivity contribution is 6.29. The van der Waals surface area contributed by atoms with Gasteiger partial charge in [-0.05, 0) is 42.8 Å². The number of Topliss-reactive ketones (excluding diaryl/α,β-unsaturated/α-hetero) is 1. The molecule has 0 bridgehead atoms. The minimum atomic E-state index is -0.554. The van der Waals surface area contributed by atoms with Gasteiger partial charge in [0.15, 0.2) is 16.9 Å². The van der Waals surface area contributed by atoms with Crippen LogP contribution in [0.2, 0.25) is 5.28 Å². The van der Waals surface area contributed by atoms with Crippen molar-refractivity contribution in [1.82, 2.24) is 18.7 Å². The molecule has 26 heavy (non-hydrogen) atoms. The first kappa shape index (κ1) is 17.9. The van der Waals surface area contributed by atoms with Crippen molar-refractivity contribution >= 4 is 28.5 Å². The number of carbonyl (C=O) groups excluding carboxylic acids is 1. The second kappa shape index (κ2) is 6.80. The van der Waals surface area contributed by atoms with Crippen LogP contribution < -0.4 is 16.0 Å². The van der Waals surface area contributed by atoms with E-state index in [2.05, 4.69) is 4.98 Å². The van der Waals surface area contributed by atoms with E-state index in [4.69, 9.17) is 16.3 Å². The molecule has 2 aromatic heterocycles. The van der Waals surface area contributed by atoms with Gasteiger partial charge in [-0.15, -0.1) is 0 Å². The van der Waals surface area contributed by atoms with E-state index in [1.807, 2.05) is 6.92 Å². The molecule has 0 saturated heterocycles. The minimum absolute atomic E-state index is 0.0300. The Morgan fingerprint density at radius 1 is 1.15 bits per heavy atom. The predicted octanol–water partition coefficient (Wildman–Crippen LogP) is 1.37. The van der Waals surface area contributed by atoms with E-state index in [0.717, 1.165) is 4.57 Å². The molecule has 1 aromatic carbocycles. The Kier molecular flexibility index (Phi) is 4.69. The smallest absolute Gasteiger partial charge is 0.332 e. The van der Waals surface area contributed by atoms with E-state index in [1.165, 1.54) is 23.2 Å². The van der Waals surface area contributed by atoms with Crippen molar-refractivity contribution in [1.29, 1.82) is 0 Å². The Bertz CT molecular complexity index is 1110. The van der Waals surface area contributed by atoms with Gasteiger partial charge in [0.1, 0.15) is 5.75 Å². The number of aryl methyl sites for hydroxylation is 1. The first-order chi connectivity index (χ1) is 12.3. The number of hydrogen-bond acceptors (Lipinski definition) is 5. The molecule has 0 radical (unpaired) electrons. The maximum atomic E-state index is 12.6. The molecule has 0 unspecified atom stereocenters. The van der Waals surface area contributed by atoms with Gasteiger partial charge in [0.2, 0.25) is 5.28 Å². The van der Waals surface area contributed by atoms with Crippen LogP contribution in [0.3, 0.4) is 0 Å². The van der Waals surface area contributed by atoms with Gasteiger partial charge in [-0.1, -0.05) is 0 Å². The van der Waals surface area contributed by atoms with E-state index in [9.17, 15) is 14.4 Å². The molecular weight excluding hydrogens is 360 g/mol. The van der Waals surface area contributed by atoms with Gasteiger partial charge in [-0.2, -0.15) is 4.98 Å².